The Morgan fingerprint density at radius 3 is 2.41 bits per heavy atom. The Labute approximate surface area is 129 Å². The minimum Gasteiger partial charge on any atom is -0.478 e. The molecule has 1 rings (SSSR count). The number of nitrogens with one attached hydrogen (secondary N) is 2. The number of rotatable bonds is 6. The average Bonchev–Trinajstić information content (AvgIpc) is 2.44. The first-order valence-electron chi connectivity index (χ1n) is 7.07. The van der Waals surface area contributed by atoms with E-state index in [1.165, 1.54) is 6.07 Å². The summed E-state index contributed by atoms with van der Waals surface area (Å²) in [6.45, 7) is 5.64. The van der Waals surface area contributed by atoms with Crippen molar-refractivity contribution in [2.24, 2.45) is 5.41 Å². The van der Waals surface area contributed by atoms with Gasteiger partial charge in [0.25, 0.3) is 0 Å². The molecule has 0 aromatic heterocycles. The number of carbonyl (C=O) groups excluding carboxylic acids is 2. The normalized spacial score (nSPS) is 10.9. The predicted octanol–water partition coefficient (Wildman–Crippen LogP) is 1.21. The van der Waals surface area contributed by atoms with Crippen molar-refractivity contribution in [2.45, 2.75) is 27.2 Å². The molecule has 120 valence electrons. The van der Waals surface area contributed by atoms with Crippen LogP contribution in [0.25, 0.3) is 0 Å². The highest BCUT2D eigenvalue weighted by Crippen LogP contribution is 2.11. The molecule has 1 aromatic rings. The number of carboxylic acids is 1. The summed E-state index contributed by atoms with van der Waals surface area (Å²) < 4.78 is 0. The maximum Gasteiger partial charge on any atom is 0.335 e. The minimum atomic E-state index is -0.976. The quantitative estimate of drug-likeness (QED) is 0.736. The number of carboxylic acid groups (broad SMARTS) is 1. The van der Waals surface area contributed by atoms with Crippen LogP contribution < -0.4 is 10.6 Å². The van der Waals surface area contributed by atoms with Crippen molar-refractivity contribution in [1.29, 1.82) is 0 Å². The number of aromatic carboxylic acids is 1. The van der Waals surface area contributed by atoms with Gasteiger partial charge in [0, 0.05) is 12.0 Å². The number of hydrogen-bond acceptors (Lipinski definition) is 3. The van der Waals surface area contributed by atoms with E-state index in [1.807, 2.05) is 0 Å². The van der Waals surface area contributed by atoms with Gasteiger partial charge in [0.05, 0.1) is 12.1 Å². The molecule has 0 radical (unpaired) electrons. The standard InChI is InChI=1S/C16H22N2O4/c1-16(2,3)15(22)18-10-13(19)17-8-7-11-5-4-6-12(9-11)14(20)21/h4-6,9H,7-8,10H2,1-3H3,(H,17,19)(H,18,22)(H,20,21). The van der Waals surface area contributed by atoms with E-state index in [2.05, 4.69) is 10.6 Å². The van der Waals surface area contributed by atoms with Crippen LogP contribution in [-0.4, -0.2) is 36.0 Å². The van der Waals surface area contributed by atoms with E-state index in [0.717, 1.165) is 5.56 Å². The number of benzene rings is 1. The van der Waals surface area contributed by atoms with E-state index in [4.69, 9.17) is 5.11 Å². The van der Waals surface area contributed by atoms with E-state index in [0.29, 0.717) is 13.0 Å². The third kappa shape index (κ3) is 5.95. The van der Waals surface area contributed by atoms with Crippen molar-refractivity contribution >= 4 is 17.8 Å². The van der Waals surface area contributed by atoms with Crippen LogP contribution in [0.5, 0.6) is 0 Å². The first-order chi connectivity index (χ1) is 10.2. The third-order valence-electron chi connectivity index (χ3n) is 3.00. The zero-order valence-corrected chi connectivity index (χ0v) is 13.1. The summed E-state index contributed by atoms with van der Waals surface area (Å²) in [6.07, 6.45) is 0.528. The average molecular weight is 306 g/mol. The second-order valence-corrected chi connectivity index (χ2v) is 6.04. The fourth-order valence-electron chi connectivity index (χ4n) is 1.69. The summed E-state index contributed by atoms with van der Waals surface area (Å²) in [5.41, 5.74) is 0.526. The minimum absolute atomic E-state index is 0.0642. The van der Waals surface area contributed by atoms with Crippen molar-refractivity contribution in [3.05, 3.63) is 35.4 Å². The summed E-state index contributed by atoms with van der Waals surface area (Å²) in [6, 6.07) is 6.58. The zero-order chi connectivity index (χ0) is 16.8. The molecule has 0 aliphatic heterocycles. The van der Waals surface area contributed by atoms with Crippen molar-refractivity contribution < 1.29 is 19.5 Å². The molecular formula is C16H22N2O4. The maximum absolute atomic E-state index is 11.6. The lowest BCUT2D eigenvalue weighted by atomic mass is 9.96. The van der Waals surface area contributed by atoms with Crippen LogP contribution in [0.15, 0.2) is 24.3 Å². The molecule has 3 N–H and O–H groups in total. The van der Waals surface area contributed by atoms with Crippen LogP contribution in [0.4, 0.5) is 0 Å². The lowest BCUT2D eigenvalue weighted by Gasteiger charge is -2.17. The molecule has 0 atom stereocenters. The molecule has 0 unspecified atom stereocenters. The molecule has 6 heteroatoms. The number of hydrogen-bond donors (Lipinski definition) is 3. The Morgan fingerprint density at radius 2 is 1.82 bits per heavy atom. The van der Waals surface area contributed by atoms with E-state index in [1.54, 1.807) is 39.0 Å². The van der Waals surface area contributed by atoms with Gasteiger partial charge in [-0.1, -0.05) is 32.9 Å². The van der Waals surface area contributed by atoms with Crippen molar-refractivity contribution in [3.63, 3.8) is 0 Å². The second kappa shape index (κ2) is 7.59. The molecule has 0 heterocycles. The number of carbonyl (C=O) groups is 3. The lowest BCUT2D eigenvalue weighted by molar-refractivity contribution is -0.131. The van der Waals surface area contributed by atoms with Gasteiger partial charge in [-0.15, -0.1) is 0 Å². The summed E-state index contributed by atoms with van der Waals surface area (Å²) in [4.78, 5) is 34.1. The van der Waals surface area contributed by atoms with Gasteiger partial charge >= 0.3 is 5.97 Å². The van der Waals surface area contributed by atoms with E-state index in [9.17, 15) is 14.4 Å². The lowest BCUT2D eigenvalue weighted by Crippen LogP contribution is -2.42. The van der Waals surface area contributed by atoms with E-state index >= 15 is 0 Å². The van der Waals surface area contributed by atoms with Gasteiger partial charge in [0.2, 0.25) is 11.8 Å². The largest absolute Gasteiger partial charge is 0.478 e. The summed E-state index contributed by atoms with van der Waals surface area (Å²) >= 11 is 0. The van der Waals surface area contributed by atoms with Crippen LogP contribution in [0.2, 0.25) is 0 Å². The molecule has 1 aromatic carbocycles. The van der Waals surface area contributed by atoms with Crippen molar-refractivity contribution in [2.75, 3.05) is 13.1 Å². The van der Waals surface area contributed by atoms with Gasteiger partial charge in [0.15, 0.2) is 0 Å². The first-order valence-corrected chi connectivity index (χ1v) is 7.07. The fourth-order valence-corrected chi connectivity index (χ4v) is 1.69. The highest BCUT2D eigenvalue weighted by atomic mass is 16.4. The summed E-state index contributed by atoms with van der Waals surface area (Å²) in [5, 5.41) is 14.2. The second-order valence-electron chi connectivity index (χ2n) is 6.04. The molecule has 6 nitrogen and oxygen atoms in total. The Balaban J connectivity index is 2.35. The SMILES string of the molecule is CC(C)(C)C(=O)NCC(=O)NCCc1cccc(C(=O)O)c1. The van der Waals surface area contributed by atoms with E-state index in [-0.39, 0.29) is 23.9 Å². The third-order valence-corrected chi connectivity index (χ3v) is 3.00. The monoisotopic (exact) mass is 306 g/mol. The smallest absolute Gasteiger partial charge is 0.335 e. The highest BCUT2D eigenvalue weighted by Gasteiger charge is 2.21. The van der Waals surface area contributed by atoms with Gasteiger partial charge in [-0.2, -0.15) is 0 Å². The van der Waals surface area contributed by atoms with Crippen molar-refractivity contribution in [1.82, 2.24) is 10.6 Å². The van der Waals surface area contributed by atoms with Crippen molar-refractivity contribution in [3.8, 4) is 0 Å². The van der Waals surface area contributed by atoms with Gasteiger partial charge in [0.1, 0.15) is 0 Å². The van der Waals surface area contributed by atoms with E-state index < -0.39 is 11.4 Å². The predicted molar refractivity (Wildman–Crippen MR) is 82.6 cm³/mol. The fraction of sp³-hybridized carbons (Fsp3) is 0.438. The van der Waals surface area contributed by atoms with Crippen LogP contribution >= 0.6 is 0 Å². The number of amides is 2. The van der Waals surface area contributed by atoms with Gasteiger partial charge in [-0.25, -0.2) is 4.79 Å². The first kappa shape index (κ1) is 17.7. The molecule has 22 heavy (non-hydrogen) atoms. The van der Waals surface area contributed by atoms with Gasteiger partial charge in [-0.3, -0.25) is 9.59 Å². The summed E-state index contributed by atoms with van der Waals surface area (Å²) in [7, 11) is 0. The Hall–Kier alpha value is -2.37. The van der Waals surface area contributed by atoms with Crippen LogP contribution in [0.3, 0.4) is 0 Å². The molecule has 0 aliphatic rings. The van der Waals surface area contributed by atoms with Gasteiger partial charge in [-0.05, 0) is 24.1 Å². The topological polar surface area (TPSA) is 95.5 Å². The Kier molecular flexibility index (Phi) is 6.10. The molecular weight excluding hydrogens is 284 g/mol. The maximum atomic E-state index is 11.6. The molecule has 0 saturated carbocycles. The van der Waals surface area contributed by atoms with Crippen LogP contribution in [-0.2, 0) is 16.0 Å². The Morgan fingerprint density at radius 1 is 1.14 bits per heavy atom. The highest BCUT2D eigenvalue weighted by molar-refractivity contribution is 5.88. The zero-order valence-electron chi connectivity index (χ0n) is 13.1. The van der Waals surface area contributed by atoms with Crippen LogP contribution in [0.1, 0.15) is 36.7 Å². The summed E-state index contributed by atoms with van der Waals surface area (Å²) in [5.74, 6) is -1.43. The molecule has 0 aliphatic carbocycles. The van der Waals surface area contributed by atoms with Crippen LogP contribution in [0, 0.1) is 5.41 Å². The molecule has 0 bridgehead atoms. The van der Waals surface area contributed by atoms with Gasteiger partial charge < -0.3 is 15.7 Å². The molecule has 0 fully saturated rings. The molecule has 0 spiro atoms. The molecule has 2 amide bonds. The molecule has 0 saturated heterocycles. The Bertz CT molecular complexity index is 562.